The van der Waals surface area contributed by atoms with E-state index >= 15 is 0 Å². The molecule has 0 amide bonds. The van der Waals surface area contributed by atoms with Gasteiger partial charge in [-0.15, -0.1) is 0 Å². The van der Waals surface area contributed by atoms with Crippen molar-refractivity contribution in [1.82, 2.24) is 0 Å². The van der Waals surface area contributed by atoms with Crippen molar-refractivity contribution in [3.8, 4) is 0 Å². The minimum Gasteiger partial charge on any atom is -0.326 e. The minimum atomic E-state index is -4.14. The molecule has 20 heavy (non-hydrogen) atoms. The van der Waals surface area contributed by atoms with Gasteiger partial charge in [0.05, 0.1) is 5.69 Å². The van der Waals surface area contributed by atoms with E-state index in [2.05, 4.69) is 4.72 Å². The third-order valence-corrected chi connectivity index (χ3v) is 3.99. The van der Waals surface area contributed by atoms with E-state index in [1.165, 1.54) is 24.3 Å². The van der Waals surface area contributed by atoms with E-state index in [4.69, 9.17) is 5.73 Å². The Balaban J connectivity index is 2.40. The van der Waals surface area contributed by atoms with Crippen LogP contribution in [-0.2, 0) is 16.6 Å². The van der Waals surface area contributed by atoms with Crippen molar-refractivity contribution >= 4 is 15.7 Å². The molecule has 4 nitrogen and oxygen atoms in total. The molecular formula is C13H12F2N2O2S. The summed E-state index contributed by atoms with van der Waals surface area (Å²) in [4.78, 5) is -0.523. The van der Waals surface area contributed by atoms with Crippen LogP contribution in [0.3, 0.4) is 0 Å². The van der Waals surface area contributed by atoms with Crippen LogP contribution < -0.4 is 10.5 Å². The zero-order valence-electron chi connectivity index (χ0n) is 10.3. The molecule has 7 heteroatoms. The van der Waals surface area contributed by atoms with E-state index in [9.17, 15) is 17.2 Å². The Labute approximate surface area is 115 Å². The lowest BCUT2D eigenvalue weighted by molar-refractivity contribution is 0.569. The van der Waals surface area contributed by atoms with Crippen molar-refractivity contribution < 1.29 is 17.2 Å². The molecule has 0 aromatic heterocycles. The molecule has 2 aromatic carbocycles. The highest BCUT2D eigenvalue weighted by Gasteiger charge is 2.19. The smallest absolute Gasteiger partial charge is 0.264 e. The second-order valence-corrected chi connectivity index (χ2v) is 5.74. The number of nitrogens with two attached hydrogens (primary N) is 1. The van der Waals surface area contributed by atoms with Gasteiger partial charge in [0.15, 0.2) is 0 Å². The number of benzene rings is 2. The molecule has 0 unspecified atom stereocenters. The summed E-state index contributed by atoms with van der Waals surface area (Å²) >= 11 is 0. The summed E-state index contributed by atoms with van der Waals surface area (Å²) in [6.45, 7) is 0.0861. The van der Waals surface area contributed by atoms with Crippen LogP contribution in [0.5, 0.6) is 0 Å². The van der Waals surface area contributed by atoms with Gasteiger partial charge in [0, 0.05) is 6.54 Å². The normalized spacial score (nSPS) is 11.3. The van der Waals surface area contributed by atoms with Crippen molar-refractivity contribution in [2.75, 3.05) is 4.72 Å². The Morgan fingerprint density at radius 2 is 1.85 bits per heavy atom. The molecule has 0 atom stereocenters. The highest BCUT2D eigenvalue weighted by molar-refractivity contribution is 7.92. The first-order chi connectivity index (χ1) is 9.42. The fourth-order valence-electron chi connectivity index (χ4n) is 1.64. The Morgan fingerprint density at radius 1 is 1.10 bits per heavy atom. The molecule has 0 saturated heterocycles. The van der Waals surface area contributed by atoms with Gasteiger partial charge in [-0.2, -0.15) is 0 Å². The molecule has 2 rings (SSSR count). The monoisotopic (exact) mass is 298 g/mol. The van der Waals surface area contributed by atoms with Crippen LogP contribution in [0.2, 0.25) is 0 Å². The fraction of sp³-hybridized carbons (Fsp3) is 0.0769. The Bertz CT molecular complexity index is 733. The molecule has 0 fully saturated rings. The van der Waals surface area contributed by atoms with Crippen LogP contribution in [0.15, 0.2) is 47.4 Å². The SMILES string of the molecule is NCc1ccc(F)c(S(=O)(=O)Nc2cccc(F)c2)c1. The molecule has 2 aromatic rings. The van der Waals surface area contributed by atoms with Crippen LogP contribution in [0.25, 0.3) is 0 Å². The average molecular weight is 298 g/mol. The molecular weight excluding hydrogens is 286 g/mol. The predicted molar refractivity (Wildman–Crippen MR) is 71.5 cm³/mol. The summed E-state index contributed by atoms with van der Waals surface area (Å²) in [5, 5.41) is 0. The molecule has 0 radical (unpaired) electrons. The van der Waals surface area contributed by atoms with Crippen LogP contribution in [-0.4, -0.2) is 8.42 Å². The van der Waals surface area contributed by atoms with E-state index in [1.54, 1.807) is 0 Å². The van der Waals surface area contributed by atoms with Crippen LogP contribution in [0.4, 0.5) is 14.5 Å². The highest BCUT2D eigenvalue weighted by Crippen LogP contribution is 2.20. The molecule has 106 valence electrons. The van der Waals surface area contributed by atoms with Gasteiger partial charge in [0.25, 0.3) is 10.0 Å². The van der Waals surface area contributed by atoms with Crippen molar-refractivity contribution in [3.63, 3.8) is 0 Å². The first-order valence-electron chi connectivity index (χ1n) is 5.69. The summed E-state index contributed by atoms with van der Waals surface area (Å²) in [5.74, 6) is -1.49. The largest absolute Gasteiger partial charge is 0.326 e. The summed E-state index contributed by atoms with van der Waals surface area (Å²) in [5.41, 5.74) is 5.89. The number of halogens is 2. The van der Waals surface area contributed by atoms with Gasteiger partial charge in [-0.3, -0.25) is 4.72 Å². The first kappa shape index (κ1) is 14.4. The second-order valence-electron chi connectivity index (χ2n) is 4.08. The number of hydrogen-bond donors (Lipinski definition) is 2. The third kappa shape index (κ3) is 3.12. The molecule has 0 heterocycles. The summed E-state index contributed by atoms with van der Waals surface area (Å²) in [7, 11) is -4.14. The maximum atomic E-state index is 13.6. The average Bonchev–Trinajstić information content (AvgIpc) is 2.38. The van der Waals surface area contributed by atoms with E-state index in [0.29, 0.717) is 5.56 Å². The predicted octanol–water partition coefficient (Wildman–Crippen LogP) is 2.22. The number of anilines is 1. The molecule has 0 aliphatic carbocycles. The van der Waals surface area contributed by atoms with Gasteiger partial charge in [-0.25, -0.2) is 17.2 Å². The van der Waals surface area contributed by atoms with Crippen molar-refractivity contribution in [2.45, 2.75) is 11.4 Å². The lowest BCUT2D eigenvalue weighted by Crippen LogP contribution is -2.15. The van der Waals surface area contributed by atoms with Gasteiger partial charge in [-0.05, 0) is 35.9 Å². The summed E-state index contributed by atoms with van der Waals surface area (Å²) in [6, 6.07) is 8.47. The molecule has 0 aliphatic rings. The topological polar surface area (TPSA) is 72.2 Å². The van der Waals surface area contributed by atoms with Gasteiger partial charge >= 0.3 is 0 Å². The van der Waals surface area contributed by atoms with E-state index in [-0.39, 0.29) is 12.2 Å². The van der Waals surface area contributed by atoms with E-state index < -0.39 is 26.6 Å². The molecule has 0 saturated carbocycles. The lowest BCUT2D eigenvalue weighted by atomic mass is 10.2. The van der Waals surface area contributed by atoms with E-state index in [1.807, 2.05) is 0 Å². The Hall–Kier alpha value is -1.99. The molecule has 0 aliphatic heterocycles. The second kappa shape index (κ2) is 5.56. The van der Waals surface area contributed by atoms with Crippen LogP contribution in [0.1, 0.15) is 5.56 Å². The molecule has 3 N–H and O–H groups in total. The van der Waals surface area contributed by atoms with Gasteiger partial charge in [0.1, 0.15) is 16.5 Å². The van der Waals surface area contributed by atoms with Crippen molar-refractivity contribution in [1.29, 1.82) is 0 Å². The number of hydrogen-bond acceptors (Lipinski definition) is 3. The lowest BCUT2D eigenvalue weighted by Gasteiger charge is -2.10. The quantitative estimate of drug-likeness (QED) is 0.909. The van der Waals surface area contributed by atoms with E-state index in [0.717, 1.165) is 18.2 Å². The standard InChI is InChI=1S/C13H12F2N2O2S/c14-10-2-1-3-11(7-10)17-20(18,19)13-6-9(8-16)4-5-12(13)15/h1-7,17H,8,16H2. The first-order valence-corrected chi connectivity index (χ1v) is 7.17. The molecule has 0 bridgehead atoms. The van der Waals surface area contributed by atoms with Gasteiger partial charge < -0.3 is 5.73 Å². The maximum absolute atomic E-state index is 13.6. The zero-order valence-corrected chi connectivity index (χ0v) is 11.1. The number of rotatable bonds is 4. The summed E-state index contributed by atoms with van der Waals surface area (Å²) < 4.78 is 53.0. The zero-order chi connectivity index (χ0) is 14.8. The summed E-state index contributed by atoms with van der Waals surface area (Å²) in [6.07, 6.45) is 0. The highest BCUT2D eigenvalue weighted by atomic mass is 32.2. The van der Waals surface area contributed by atoms with Gasteiger partial charge in [-0.1, -0.05) is 12.1 Å². The van der Waals surface area contributed by atoms with Crippen molar-refractivity contribution in [3.05, 3.63) is 59.7 Å². The fourth-order valence-corrected chi connectivity index (χ4v) is 2.82. The van der Waals surface area contributed by atoms with Crippen molar-refractivity contribution in [2.24, 2.45) is 5.73 Å². The van der Waals surface area contributed by atoms with Crippen LogP contribution >= 0.6 is 0 Å². The number of nitrogens with one attached hydrogen (secondary N) is 1. The molecule has 0 spiro atoms. The van der Waals surface area contributed by atoms with Gasteiger partial charge in [0.2, 0.25) is 0 Å². The van der Waals surface area contributed by atoms with Crippen LogP contribution in [0, 0.1) is 11.6 Å². The maximum Gasteiger partial charge on any atom is 0.264 e. The Kier molecular flexibility index (Phi) is 4.01. The number of sulfonamides is 1. The third-order valence-electron chi connectivity index (χ3n) is 2.60. The minimum absolute atomic E-state index is 0.0163. The Morgan fingerprint density at radius 3 is 2.50 bits per heavy atom.